The van der Waals surface area contributed by atoms with Crippen LogP contribution in [0.15, 0.2) is 48.5 Å². The van der Waals surface area contributed by atoms with Crippen molar-refractivity contribution >= 4 is 11.7 Å². The predicted molar refractivity (Wildman–Crippen MR) is 120 cm³/mol. The number of benzene rings is 2. The second kappa shape index (κ2) is 9.85. The number of urea groups is 1. The Hall–Kier alpha value is -2.73. The number of rotatable bonds is 6. The van der Waals surface area contributed by atoms with Crippen molar-refractivity contribution in [2.24, 2.45) is 0 Å². The molecule has 1 aliphatic heterocycles. The summed E-state index contributed by atoms with van der Waals surface area (Å²) in [5.74, 6) is 0.853. The number of nitrogens with one attached hydrogen (secondary N) is 1. The highest BCUT2D eigenvalue weighted by Crippen LogP contribution is 2.20. The van der Waals surface area contributed by atoms with E-state index in [1.807, 2.05) is 49.9 Å². The molecule has 1 fully saturated rings. The average molecular weight is 412 g/mol. The maximum atomic E-state index is 12.6. The molecule has 0 aromatic heterocycles. The quantitative estimate of drug-likeness (QED) is 0.779. The van der Waals surface area contributed by atoms with Crippen molar-refractivity contribution in [2.45, 2.75) is 39.5 Å². The van der Waals surface area contributed by atoms with E-state index < -0.39 is 0 Å². The molecular weight excluding hydrogens is 378 g/mol. The molecule has 0 aliphatic carbocycles. The highest BCUT2D eigenvalue weighted by atomic mass is 16.5. The van der Waals surface area contributed by atoms with Crippen molar-refractivity contribution in [3.05, 3.63) is 59.7 Å². The molecule has 2 amide bonds. The largest absolute Gasteiger partial charge is 0.497 e. The van der Waals surface area contributed by atoms with Crippen LogP contribution in [0.4, 0.5) is 10.5 Å². The summed E-state index contributed by atoms with van der Waals surface area (Å²) in [6, 6.07) is 16.2. The highest BCUT2D eigenvalue weighted by molar-refractivity contribution is 5.74. The van der Waals surface area contributed by atoms with Crippen LogP contribution in [0.5, 0.6) is 5.75 Å². The van der Waals surface area contributed by atoms with Gasteiger partial charge in [0.15, 0.2) is 0 Å². The Morgan fingerprint density at radius 1 is 1.00 bits per heavy atom. The molecule has 1 saturated heterocycles. The Bertz CT molecular complexity index is 822. The molecule has 3 rings (SSSR count). The Morgan fingerprint density at radius 3 is 2.30 bits per heavy atom. The molecular formula is C24H33N3O3. The van der Waals surface area contributed by atoms with E-state index in [1.54, 1.807) is 7.11 Å². The number of hydrogen-bond donors (Lipinski definition) is 1. The van der Waals surface area contributed by atoms with Crippen molar-refractivity contribution < 1.29 is 14.3 Å². The van der Waals surface area contributed by atoms with Gasteiger partial charge in [-0.3, -0.25) is 0 Å². The van der Waals surface area contributed by atoms with Crippen LogP contribution in [0.25, 0.3) is 0 Å². The van der Waals surface area contributed by atoms with Gasteiger partial charge in [0.2, 0.25) is 0 Å². The monoisotopic (exact) mass is 411 g/mol. The second-order valence-electron chi connectivity index (χ2n) is 8.55. The summed E-state index contributed by atoms with van der Waals surface area (Å²) in [6.45, 7) is 10.3. The summed E-state index contributed by atoms with van der Waals surface area (Å²) in [6.07, 6.45) is 0. The Morgan fingerprint density at radius 2 is 1.67 bits per heavy atom. The Balaban J connectivity index is 1.46. The zero-order valence-electron chi connectivity index (χ0n) is 18.5. The van der Waals surface area contributed by atoms with Gasteiger partial charge in [-0.1, -0.05) is 24.3 Å². The van der Waals surface area contributed by atoms with Crippen LogP contribution in [-0.4, -0.2) is 49.8 Å². The maximum absolute atomic E-state index is 12.6. The first-order valence-corrected chi connectivity index (χ1v) is 10.5. The fourth-order valence-corrected chi connectivity index (χ4v) is 3.38. The average Bonchev–Trinajstić information content (AvgIpc) is 2.76. The third kappa shape index (κ3) is 6.39. The van der Waals surface area contributed by atoms with Crippen LogP contribution in [0.2, 0.25) is 0 Å². The van der Waals surface area contributed by atoms with Gasteiger partial charge in [-0.05, 0) is 56.2 Å². The number of piperazine rings is 1. The second-order valence-corrected chi connectivity index (χ2v) is 8.55. The van der Waals surface area contributed by atoms with Gasteiger partial charge in [0.25, 0.3) is 0 Å². The van der Waals surface area contributed by atoms with Crippen LogP contribution >= 0.6 is 0 Å². The summed E-state index contributed by atoms with van der Waals surface area (Å²) in [7, 11) is 1.67. The topological polar surface area (TPSA) is 54.0 Å². The van der Waals surface area contributed by atoms with E-state index >= 15 is 0 Å². The van der Waals surface area contributed by atoms with Crippen molar-refractivity contribution in [1.29, 1.82) is 0 Å². The van der Waals surface area contributed by atoms with Gasteiger partial charge in [0.05, 0.1) is 19.3 Å². The molecule has 6 nitrogen and oxygen atoms in total. The van der Waals surface area contributed by atoms with Crippen molar-refractivity contribution in [2.75, 3.05) is 38.2 Å². The number of carbonyl (C=O) groups excluding carboxylic acids is 1. The van der Waals surface area contributed by atoms with Crippen LogP contribution in [0.3, 0.4) is 0 Å². The van der Waals surface area contributed by atoms with E-state index in [1.165, 1.54) is 0 Å². The molecule has 162 valence electrons. The van der Waals surface area contributed by atoms with E-state index in [0.717, 1.165) is 35.7 Å². The summed E-state index contributed by atoms with van der Waals surface area (Å²) >= 11 is 0. The molecule has 1 N–H and O–H groups in total. The zero-order chi connectivity index (χ0) is 21.6. The minimum atomic E-state index is -0.168. The van der Waals surface area contributed by atoms with Crippen molar-refractivity contribution in [3.8, 4) is 5.75 Å². The molecule has 30 heavy (non-hydrogen) atoms. The molecule has 6 heteroatoms. The third-order valence-corrected chi connectivity index (χ3v) is 5.11. The molecule has 0 unspecified atom stereocenters. The highest BCUT2D eigenvalue weighted by Gasteiger charge is 2.21. The van der Waals surface area contributed by atoms with Gasteiger partial charge in [-0.2, -0.15) is 0 Å². The summed E-state index contributed by atoms with van der Waals surface area (Å²) in [5, 5.41) is 3.05. The van der Waals surface area contributed by atoms with Crippen LogP contribution in [0.1, 0.15) is 31.9 Å². The normalized spacial score (nSPS) is 14.5. The molecule has 0 atom stereocenters. The first-order chi connectivity index (χ1) is 14.3. The molecule has 0 spiro atoms. The van der Waals surface area contributed by atoms with Gasteiger partial charge in [-0.15, -0.1) is 0 Å². The molecule has 1 heterocycles. The van der Waals surface area contributed by atoms with Crippen molar-refractivity contribution in [1.82, 2.24) is 10.2 Å². The smallest absolute Gasteiger partial charge is 0.317 e. The molecule has 1 aliphatic rings. The molecule has 2 aromatic carbocycles. The zero-order valence-corrected chi connectivity index (χ0v) is 18.5. The number of methoxy groups -OCH3 is 1. The minimum absolute atomic E-state index is 0.0132. The first kappa shape index (κ1) is 22.0. The summed E-state index contributed by atoms with van der Waals surface area (Å²) in [4.78, 5) is 16.8. The van der Waals surface area contributed by atoms with Crippen molar-refractivity contribution in [3.63, 3.8) is 0 Å². The lowest BCUT2D eigenvalue weighted by atomic mass is 10.1. The van der Waals surface area contributed by atoms with Crippen LogP contribution < -0.4 is 15.0 Å². The Kier molecular flexibility index (Phi) is 7.21. The van der Waals surface area contributed by atoms with Gasteiger partial charge < -0.3 is 24.6 Å². The maximum Gasteiger partial charge on any atom is 0.317 e. The van der Waals surface area contributed by atoms with E-state index in [4.69, 9.17) is 9.47 Å². The molecule has 0 bridgehead atoms. The number of hydrogen-bond acceptors (Lipinski definition) is 4. The Labute approximate surface area is 179 Å². The fraction of sp³-hybridized carbons (Fsp3) is 0.458. The van der Waals surface area contributed by atoms with E-state index in [-0.39, 0.29) is 11.6 Å². The summed E-state index contributed by atoms with van der Waals surface area (Å²) < 4.78 is 11.1. The first-order valence-electron chi connectivity index (χ1n) is 10.5. The van der Waals surface area contributed by atoms with Crippen LogP contribution in [-0.2, 0) is 17.9 Å². The SMILES string of the molecule is COc1ccc(N2CCN(C(=O)NCc3cccc(COC(C)(C)C)c3)CC2)cc1. The summed E-state index contributed by atoms with van der Waals surface area (Å²) in [5.41, 5.74) is 3.18. The number of ether oxygens (including phenoxy) is 2. The standard InChI is InChI=1S/C24H33N3O3/c1-24(2,3)30-18-20-7-5-6-19(16-20)17-25-23(28)27-14-12-26(13-15-27)21-8-10-22(29-4)11-9-21/h5-11,16H,12-15,17-18H2,1-4H3,(H,25,28). The number of amides is 2. The number of carbonyl (C=O) groups is 1. The number of anilines is 1. The van der Waals surface area contributed by atoms with E-state index in [2.05, 4.69) is 34.5 Å². The van der Waals surface area contributed by atoms with E-state index in [0.29, 0.717) is 26.2 Å². The van der Waals surface area contributed by atoms with Gasteiger partial charge in [0.1, 0.15) is 5.75 Å². The molecule has 0 saturated carbocycles. The molecule has 0 radical (unpaired) electrons. The lowest BCUT2D eigenvalue weighted by Gasteiger charge is -2.36. The fourth-order valence-electron chi connectivity index (χ4n) is 3.38. The van der Waals surface area contributed by atoms with E-state index in [9.17, 15) is 4.79 Å². The number of nitrogens with zero attached hydrogens (tertiary/aromatic N) is 2. The van der Waals surface area contributed by atoms with Gasteiger partial charge >= 0.3 is 6.03 Å². The van der Waals surface area contributed by atoms with Gasteiger partial charge in [-0.25, -0.2) is 4.79 Å². The van der Waals surface area contributed by atoms with Crippen LogP contribution in [0, 0.1) is 0 Å². The third-order valence-electron chi connectivity index (χ3n) is 5.11. The lowest BCUT2D eigenvalue weighted by Crippen LogP contribution is -2.51. The van der Waals surface area contributed by atoms with Gasteiger partial charge in [0, 0.05) is 38.4 Å². The molecule has 2 aromatic rings. The predicted octanol–water partition coefficient (Wildman–Crippen LogP) is 4.04. The minimum Gasteiger partial charge on any atom is -0.497 e. The lowest BCUT2D eigenvalue weighted by molar-refractivity contribution is -0.0149.